The molecule has 3 aromatic rings. The van der Waals surface area contributed by atoms with Crippen molar-refractivity contribution >= 4 is 44.1 Å². The Hall–Kier alpha value is -3.57. The number of para-hydroxylation sites is 1. The van der Waals surface area contributed by atoms with Crippen molar-refractivity contribution in [1.82, 2.24) is 14.4 Å². The molecule has 2 N–H and O–H groups in total. The number of amides is 2. The van der Waals surface area contributed by atoms with Crippen LogP contribution in [0.4, 0.5) is 11.4 Å². The molecule has 1 aromatic heterocycles. The quantitative estimate of drug-likeness (QED) is 0.339. The van der Waals surface area contributed by atoms with Crippen molar-refractivity contribution in [2.45, 2.75) is 70.8 Å². The molecule has 10 nitrogen and oxygen atoms in total. The van der Waals surface area contributed by atoms with Crippen molar-refractivity contribution in [2.24, 2.45) is 13.0 Å². The fourth-order valence-corrected chi connectivity index (χ4v) is 7.61. The fourth-order valence-electron chi connectivity index (χ4n) is 7.05. The van der Waals surface area contributed by atoms with Gasteiger partial charge in [-0.1, -0.05) is 39.0 Å². The molecule has 0 bridgehead atoms. The minimum absolute atomic E-state index is 0.0247. The normalized spacial score (nSPS) is 19.7. The van der Waals surface area contributed by atoms with Crippen LogP contribution in [0, 0.1) is 5.92 Å². The highest BCUT2D eigenvalue weighted by molar-refractivity contribution is 7.92. The van der Waals surface area contributed by atoms with Crippen LogP contribution in [-0.2, 0) is 33.7 Å². The number of fused-ring (bicyclic) bond motifs is 1. The molecule has 2 amide bonds. The summed E-state index contributed by atoms with van der Waals surface area (Å²) in [4.78, 5) is 31.4. The van der Waals surface area contributed by atoms with E-state index in [9.17, 15) is 18.0 Å². The first-order valence-corrected chi connectivity index (χ1v) is 18.1. The fraction of sp³-hybridized carbons (Fsp3) is 0.543. The molecule has 1 unspecified atom stereocenters. The molecule has 2 aliphatic rings. The molecule has 2 aliphatic heterocycles. The van der Waals surface area contributed by atoms with Crippen LogP contribution in [-0.4, -0.2) is 80.7 Å². The van der Waals surface area contributed by atoms with Crippen molar-refractivity contribution in [3.63, 3.8) is 0 Å². The van der Waals surface area contributed by atoms with Gasteiger partial charge in [-0.3, -0.25) is 19.2 Å². The number of nitrogens with one attached hydrogen (secondary N) is 2. The Labute approximate surface area is 273 Å². The minimum Gasteiger partial charge on any atom is -0.492 e. The molecule has 0 saturated carbocycles. The molecular formula is C35H49N5O5S. The lowest BCUT2D eigenvalue weighted by atomic mass is 9.86. The van der Waals surface area contributed by atoms with E-state index in [0.717, 1.165) is 80.9 Å². The second-order valence-electron chi connectivity index (χ2n) is 14.1. The molecular weight excluding hydrogens is 602 g/mol. The Bertz CT molecular complexity index is 1720. The average molecular weight is 652 g/mol. The third-order valence-corrected chi connectivity index (χ3v) is 10.1. The molecule has 0 spiro atoms. The van der Waals surface area contributed by atoms with Crippen molar-refractivity contribution in [2.75, 3.05) is 50.1 Å². The van der Waals surface area contributed by atoms with E-state index in [-0.39, 0.29) is 34.7 Å². The maximum Gasteiger partial charge on any atom is 0.272 e. The lowest BCUT2D eigenvalue weighted by Crippen LogP contribution is -2.44. The number of carbonyl (C=O) groups is 2. The predicted octanol–water partition coefficient (Wildman–Crippen LogP) is 5.37. The van der Waals surface area contributed by atoms with E-state index in [0.29, 0.717) is 17.3 Å². The Kier molecular flexibility index (Phi) is 9.75. The number of ether oxygens (including phenoxy) is 1. The third kappa shape index (κ3) is 7.36. The molecule has 0 aliphatic carbocycles. The Morgan fingerprint density at radius 3 is 2.35 bits per heavy atom. The highest BCUT2D eigenvalue weighted by Gasteiger charge is 2.32. The second-order valence-corrected chi connectivity index (χ2v) is 15.8. The van der Waals surface area contributed by atoms with E-state index in [1.807, 2.05) is 56.7 Å². The number of carbonyl (C=O) groups excluding carboxylic acids is 2. The predicted molar refractivity (Wildman–Crippen MR) is 184 cm³/mol. The van der Waals surface area contributed by atoms with Gasteiger partial charge in [0.1, 0.15) is 5.69 Å². The highest BCUT2D eigenvalue weighted by atomic mass is 32.2. The summed E-state index contributed by atoms with van der Waals surface area (Å²) in [5.41, 5.74) is 3.88. The lowest BCUT2D eigenvalue weighted by molar-refractivity contribution is -0.135. The molecule has 2 aromatic carbocycles. The standard InChI is InChI=1S/C35H49N5O5S/c1-35(2,3)26-21-27(32(45-6)28(22-26)37-46(7,43)44)36-33(41)30-20-25-13-8-12-24(31(25)39(30)5)19-23-11-9-17-40(18-15-23)34(42)29-14-10-16-38(29)4/h8,12-13,20-23,29,37H,9-11,14-19H2,1-7H3,(H,36,41)/t23?,29-/m0/s1. The molecule has 0 radical (unpaired) electrons. The number of aromatic nitrogens is 1. The van der Waals surface area contributed by atoms with Crippen LogP contribution in [0.1, 0.15) is 74.5 Å². The number of sulfonamides is 1. The summed E-state index contributed by atoms with van der Waals surface area (Å²) >= 11 is 0. The number of nitrogens with zero attached hydrogens (tertiary/aromatic N) is 3. The zero-order valence-corrected chi connectivity index (χ0v) is 29.1. The lowest BCUT2D eigenvalue weighted by Gasteiger charge is -2.27. The number of benzene rings is 2. The van der Waals surface area contributed by atoms with Gasteiger partial charge in [-0.05, 0) is 92.8 Å². The zero-order chi connectivity index (χ0) is 33.4. The Balaban J connectivity index is 1.38. The monoisotopic (exact) mass is 651 g/mol. The van der Waals surface area contributed by atoms with E-state index in [1.54, 1.807) is 6.07 Å². The second kappa shape index (κ2) is 13.3. The summed E-state index contributed by atoms with van der Waals surface area (Å²) in [7, 11) is 1.82. The SMILES string of the molecule is COc1c(NC(=O)c2cc3cccc(CC4CCCN(C(=O)[C@@H]5CCCN5C)CC4)c3n2C)cc(C(C)(C)C)cc1NS(C)(=O)=O. The molecule has 2 atom stereocenters. The van der Waals surface area contributed by atoms with E-state index in [2.05, 4.69) is 33.0 Å². The van der Waals surface area contributed by atoms with Gasteiger partial charge in [0, 0.05) is 25.5 Å². The van der Waals surface area contributed by atoms with Crippen LogP contribution < -0.4 is 14.8 Å². The van der Waals surface area contributed by atoms with E-state index in [4.69, 9.17) is 4.74 Å². The molecule has 250 valence electrons. The number of methoxy groups -OCH3 is 1. The first-order chi connectivity index (χ1) is 21.7. The Morgan fingerprint density at radius 1 is 0.978 bits per heavy atom. The van der Waals surface area contributed by atoms with Crippen LogP contribution >= 0.6 is 0 Å². The number of aryl methyl sites for hydroxylation is 1. The highest BCUT2D eigenvalue weighted by Crippen LogP contribution is 2.39. The molecule has 3 heterocycles. The average Bonchev–Trinajstić information content (AvgIpc) is 3.47. The van der Waals surface area contributed by atoms with Crippen molar-refractivity contribution < 1.29 is 22.7 Å². The molecule has 2 saturated heterocycles. The topological polar surface area (TPSA) is 113 Å². The van der Waals surface area contributed by atoms with E-state index >= 15 is 0 Å². The summed E-state index contributed by atoms with van der Waals surface area (Å²) in [6.45, 7) is 8.66. The van der Waals surface area contributed by atoms with Crippen LogP contribution in [0.2, 0.25) is 0 Å². The third-order valence-electron chi connectivity index (χ3n) is 9.55. The molecule has 11 heteroatoms. The van der Waals surface area contributed by atoms with Gasteiger partial charge < -0.3 is 19.5 Å². The van der Waals surface area contributed by atoms with Gasteiger partial charge in [0.15, 0.2) is 5.75 Å². The van der Waals surface area contributed by atoms with E-state index < -0.39 is 10.0 Å². The molecule has 2 fully saturated rings. The van der Waals surface area contributed by atoms with Gasteiger partial charge in [0.25, 0.3) is 5.91 Å². The van der Waals surface area contributed by atoms with Crippen LogP contribution in [0.25, 0.3) is 10.9 Å². The number of anilines is 2. The summed E-state index contributed by atoms with van der Waals surface area (Å²) in [5, 5.41) is 3.99. The van der Waals surface area contributed by atoms with Gasteiger partial charge in [-0.2, -0.15) is 0 Å². The summed E-state index contributed by atoms with van der Waals surface area (Å²) in [6, 6.07) is 11.7. The largest absolute Gasteiger partial charge is 0.492 e. The number of likely N-dealkylation sites (N-methyl/N-ethyl adjacent to an activating group) is 1. The Morgan fingerprint density at radius 2 is 1.70 bits per heavy atom. The number of likely N-dealkylation sites (tertiary alicyclic amines) is 2. The van der Waals surface area contributed by atoms with Crippen molar-refractivity contribution in [3.05, 3.63) is 53.2 Å². The summed E-state index contributed by atoms with van der Waals surface area (Å²) < 4.78 is 34.4. The first kappa shape index (κ1) is 33.8. The van der Waals surface area contributed by atoms with Crippen LogP contribution in [0.5, 0.6) is 5.75 Å². The number of rotatable bonds is 8. The minimum atomic E-state index is -3.59. The van der Waals surface area contributed by atoms with Crippen LogP contribution in [0.15, 0.2) is 36.4 Å². The van der Waals surface area contributed by atoms with Gasteiger partial charge >= 0.3 is 0 Å². The maximum atomic E-state index is 13.8. The van der Waals surface area contributed by atoms with Crippen molar-refractivity contribution in [3.8, 4) is 5.75 Å². The number of hydrogen-bond acceptors (Lipinski definition) is 6. The van der Waals surface area contributed by atoms with E-state index in [1.165, 1.54) is 12.7 Å². The van der Waals surface area contributed by atoms with Gasteiger partial charge in [0.05, 0.1) is 36.3 Å². The van der Waals surface area contributed by atoms with Gasteiger partial charge in [0.2, 0.25) is 15.9 Å². The van der Waals surface area contributed by atoms with Gasteiger partial charge in [-0.25, -0.2) is 8.42 Å². The first-order valence-electron chi connectivity index (χ1n) is 16.2. The molecule has 5 rings (SSSR count). The summed E-state index contributed by atoms with van der Waals surface area (Å²) in [5.74, 6) is 0.651. The summed E-state index contributed by atoms with van der Waals surface area (Å²) in [6.07, 6.45) is 7.02. The van der Waals surface area contributed by atoms with Crippen molar-refractivity contribution in [1.29, 1.82) is 0 Å². The molecule has 46 heavy (non-hydrogen) atoms. The smallest absolute Gasteiger partial charge is 0.272 e. The van der Waals surface area contributed by atoms with Gasteiger partial charge in [-0.15, -0.1) is 0 Å². The zero-order valence-electron chi connectivity index (χ0n) is 28.3. The maximum absolute atomic E-state index is 13.8. The number of hydrogen-bond donors (Lipinski definition) is 2. The van der Waals surface area contributed by atoms with Crippen LogP contribution in [0.3, 0.4) is 0 Å².